The Morgan fingerprint density at radius 2 is 0.442 bits per heavy atom. The number of unbranched alkanes of at least 4 members (excludes halogenated alkanes) is 50. The Balaban J connectivity index is 4.12. The van der Waals surface area contributed by atoms with Crippen LogP contribution < -0.4 is 0 Å². The summed E-state index contributed by atoms with van der Waals surface area (Å²) < 4.78 is 16.9. The van der Waals surface area contributed by atoms with Crippen LogP contribution in [0.4, 0.5) is 0 Å². The number of hydrogen-bond donors (Lipinski definition) is 0. The van der Waals surface area contributed by atoms with Crippen molar-refractivity contribution in [3.05, 3.63) is 24.3 Å². The number of carbonyl (C=O) groups is 3. The first-order valence-electron chi connectivity index (χ1n) is 34.8. The Morgan fingerprint density at radius 1 is 0.247 bits per heavy atom. The summed E-state index contributed by atoms with van der Waals surface area (Å²) >= 11 is 0. The minimum absolute atomic E-state index is 0.0697. The van der Waals surface area contributed by atoms with Crippen molar-refractivity contribution in [2.45, 2.75) is 399 Å². The molecular formula is C71H134O6. The fourth-order valence-electron chi connectivity index (χ4n) is 10.7. The van der Waals surface area contributed by atoms with E-state index in [1.807, 2.05) is 0 Å². The van der Waals surface area contributed by atoms with Crippen molar-refractivity contribution in [3.63, 3.8) is 0 Å². The van der Waals surface area contributed by atoms with E-state index >= 15 is 0 Å². The second kappa shape index (κ2) is 66.4. The van der Waals surface area contributed by atoms with Gasteiger partial charge in [0.2, 0.25) is 0 Å². The van der Waals surface area contributed by atoms with Gasteiger partial charge in [0.05, 0.1) is 0 Å². The lowest BCUT2D eigenvalue weighted by Crippen LogP contribution is -2.30. The molecule has 0 spiro atoms. The number of allylic oxidation sites excluding steroid dienone is 4. The molecule has 1 unspecified atom stereocenters. The van der Waals surface area contributed by atoms with Gasteiger partial charge in [-0.15, -0.1) is 0 Å². The molecule has 0 rings (SSSR count). The monoisotopic (exact) mass is 1080 g/mol. The van der Waals surface area contributed by atoms with Crippen molar-refractivity contribution in [3.8, 4) is 0 Å². The first-order chi connectivity index (χ1) is 38.0. The maximum Gasteiger partial charge on any atom is 0.306 e. The smallest absolute Gasteiger partial charge is 0.306 e. The second-order valence-corrected chi connectivity index (χ2v) is 23.8. The molecule has 0 N–H and O–H groups in total. The fraction of sp³-hybridized carbons (Fsp3) is 0.901. The van der Waals surface area contributed by atoms with Crippen molar-refractivity contribution in [1.29, 1.82) is 0 Å². The summed E-state index contributed by atoms with van der Waals surface area (Å²) in [6.07, 6.45) is 80.8. The number of hydrogen-bond acceptors (Lipinski definition) is 6. The number of esters is 3. The highest BCUT2D eigenvalue weighted by molar-refractivity contribution is 5.71. The highest BCUT2D eigenvalue weighted by atomic mass is 16.6. The van der Waals surface area contributed by atoms with Crippen LogP contribution in [0.3, 0.4) is 0 Å². The van der Waals surface area contributed by atoms with E-state index in [1.54, 1.807) is 0 Å². The van der Waals surface area contributed by atoms with Gasteiger partial charge in [-0.3, -0.25) is 14.4 Å². The normalized spacial score (nSPS) is 12.1. The number of carbonyl (C=O) groups excluding carboxylic acids is 3. The highest BCUT2D eigenvalue weighted by Gasteiger charge is 2.19. The van der Waals surface area contributed by atoms with Crippen LogP contribution in [0.2, 0.25) is 0 Å². The Hall–Kier alpha value is -2.11. The molecule has 0 aliphatic carbocycles. The Morgan fingerprint density at radius 3 is 0.688 bits per heavy atom. The van der Waals surface area contributed by atoms with Crippen LogP contribution >= 0.6 is 0 Å². The summed E-state index contributed by atoms with van der Waals surface area (Å²) in [7, 11) is 0. The predicted octanol–water partition coefficient (Wildman–Crippen LogP) is 23.8. The van der Waals surface area contributed by atoms with Crippen molar-refractivity contribution in [1.82, 2.24) is 0 Å². The zero-order valence-corrected chi connectivity index (χ0v) is 52.3. The molecule has 0 heterocycles. The quantitative estimate of drug-likeness (QED) is 0.0261. The Labute approximate surface area is 481 Å². The largest absolute Gasteiger partial charge is 0.462 e. The first-order valence-corrected chi connectivity index (χ1v) is 34.8. The molecule has 0 saturated carbocycles. The van der Waals surface area contributed by atoms with Crippen LogP contribution in [0.15, 0.2) is 24.3 Å². The number of ether oxygens (including phenoxy) is 3. The van der Waals surface area contributed by atoms with Crippen LogP contribution in [-0.4, -0.2) is 37.2 Å². The van der Waals surface area contributed by atoms with Gasteiger partial charge in [-0.25, -0.2) is 0 Å². The van der Waals surface area contributed by atoms with E-state index in [9.17, 15) is 14.4 Å². The molecule has 0 aliphatic heterocycles. The van der Waals surface area contributed by atoms with Gasteiger partial charge in [0, 0.05) is 19.3 Å². The molecule has 0 aromatic heterocycles. The van der Waals surface area contributed by atoms with Gasteiger partial charge in [0.25, 0.3) is 0 Å². The second-order valence-electron chi connectivity index (χ2n) is 23.8. The summed E-state index contributed by atoms with van der Waals surface area (Å²) in [6, 6.07) is 0. The van der Waals surface area contributed by atoms with Gasteiger partial charge in [0.1, 0.15) is 13.2 Å². The molecule has 1 atom stereocenters. The van der Waals surface area contributed by atoms with E-state index in [2.05, 4.69) is 45.1 Å². The van der Waals surface area contributed by atoms with E-state index in [4.69, 9.17) is 14.2 Å². The van der Waals surface area contributed by atoms with Gasteiger partial charge >= 0.3 is 17.9 Å². The van der Waals surface area contributed by atoms with Gasteiger partial charge in [0.15, 0.2) is 6.10 Å². The van der Waals surface area contributed by atoms with Gasteiger partial charge in [-0.05, 0) is 64.2 Å². The molecule has 0 saturated heterocycles. The molecule has 77 heavy (non-hydrogen) atoms. The average molecular weight is 1080 g/mol. The van der Waals surface area contributed by atoms with E-state index in [1.165, 1.54) is 289 Å². The van der Waals surface area contributed by atoms with E-state index < -0.39 is 6.10 Å². The molecule has 6 heteroatoms. The molecule has 0 amide bonds. The van der Waals surface area contributed by atoms with Crippen molar-refractivity contribution >= 4 is 17.9 Å². The average Bonchev–Trinajstić information content (AvgIpc) is 3.43. The van der Waals surface area contributed by atoms with E-state index in [0.717, 1.165) is 64.2 Å². The third kappa shape index (κ3) is 64.6. The van der Waals surface area contributed by atoms with Crippen molar-refractivity contribution < 1.29 is 28.6 Å². The van der Waals surface area contributed by atoms with Crippen LogP contribution in [0.5, 0.6) is 0 Å². The third-order valence-corrected chi connectivity index (χ3v) is 15.9. The summed E-state index contributed by atoms with van der Waals surface area (Å²) in [5, 5.41) is 0. The molecule has 6 nitrogen and oxygen atoms in total. The topological polar surface area (TPSA) is 78.9 Å². The SMILES string of the molecule is CCCC/C=C\CCCCCCCC(=O)OCC(COC(=O)CCCCCCCCCCCCCCCCCCCCCCCCCCCCCCC)OC(=O)CCCCCCCCCCC/C=C\CCCCCCCC. The highest BCUT2D eigenvalue weighted by Crippen LogP contribution is 2.19. The maximum absolute atomic E-state index is 12.9. The maximum atomic E-state index is 12.9. The molecule has 0 aromatic carbocycles. The third-order valence-electron chi connectivity index (χ3n) is 15.9. The van der Waals surface area contributed by atoms with Crippen LogP contribution in [0, 0.1) is 0 Å². The molecular weight excluding hydrogens is 949 g/mol. The van der Waals surface area contributed by atoms with Crippen LogP contribution in [-0.2, 0) is 28.6 Å². The fourth-order valence-corrected chi connectivity index (χ4v) is 10.7. The summed E-state index contributed by atoms with van der Waals surface area (Å²) in [6.45, 7) is 6.66. The summed E-state index contributed by atoms with van der Waals surface area (Å²) in [5.74, 6) is -0.855. The van der Waals surface area contributed by atoms with Gasteiger partial charge in [-0.1, -0.05) is 334 Å². The lowest BCUT2D eigenvalue weighted by molar-refractivity contribution is -0.167. The Kier molecular flexibility index (Phi) is 64.6. The summed E-state index contributed by atoms with van der Waals surface area (Å²) in [5.41, 5.74) is 0. The Bertz CT molecular complexity index is 1240. The van der Waals surface area contributed by atoms with Crippen LogP contribution in [0.25, 0.3) is 0 Å². The molecule has 0 bridgehead atoms. The zero-order valence-electron chi connectivity index (χ0n) is 52.3. The van der Waals surface area contributed by atoms with E-state index in [-0.39, 0.29) is 31.1 Å². The minimum atomic E-state index is -0.773. The van der Waals surface area contributed by atoms with Gasteiger partial charge in [-0.2, -0.15) is 0 Å². The first kappa shape index (κ1) is 74.9. The number of rotatable bonds is 65. The molecule has 0 aromatic rings. The predicted molar refractivity (Wildman–Crippen MR) is 335 cm³/mol. The van der Waals surface area contributed by atoms with Crippen LogP contribution in [0.1, 0.15) is 393 Å². The summed E-state index contributed by atoms with van der Waals surface area (Å²) in [4.78, 5) is 38.3. The van der Waals surface area contributed by atoms with Crippen molar-refractivity contribution in [2.24, 2.45) is 0 Å². The minimum Gasteiger partial charge on any atom is -0.462 e. The lowest BCUT2D eigenvalue weighted by atomic mass is 10.0. The molecule has 0 aliphatic rings. The van der Waals surface area contributed by atoms with Gasteiger partial charge < -0.3 is 14.2 Å². The standard InChI is InChI=1S/C71H134O6/c1-4-7-10-13-16-19-22-24-26-28-30-31-32-33-34-35-36-37-38-39-41-42-44-46-49-52-55-58-61-64-70(73)76-67-68(66-75-69(72)63-60-57-54-51-48-21-18-15-12-9-6-3)77-71(74)65-62-59-56-53-50-47-45-43-40-29-27-25-23-20-17-14-11-8-5-2/h15,18,25,27,68H,4-14,16-17,19-24,26,28-67H2,1-3H3/b18-15-,27-25-. The zero-order chi connectivity index (χ0) is 55.7. The molecule has 0 fully saturated rings. The molecule has 454 valence electrons. The molecule has 0 radical (unpaired) electrons. The van der Waals surface area contributed by atoms with Crippen molar-refractivity contribution in [2.75, 3.05) is 13.2 Å². The lowest BCUT2D eigenvalue weighted by Gasteiger charge is -2.18. The van der Waals surface area contributed by atoms with E-state index in [0.29, 0.717) is 19.3 Å².